The van der Waals surface area contributed by atoms with E-state index in [0.29, 0.717) is 19.1 Å². The summed E-state index contributed by atoms with van der Waals surface area (Å²) in [7, 11) is 0. The van der Waals surface area contributed by atoms with Gasteiger partial charge >= 0.3 is 0 Å². The lowest BCUT2D eigenvalue weighted by Gasteiger charge is -2.28. The highest BCUT2D eigenvalue weighted by Gasteiger charge is 2.33. The highest BCUT2D eigenvalue weighted by atomic mass is 16.2. The third-order valence-corrected chi connectivity index (χ3v) is 4.09. The molecule has 0 bridgehead atoms. The molecule has 1 saturated heterocycles. The lowest BCUT2D eigenvalue weighted by Crippen LogP contribution is -2.42. The molecule has 3 nitrogen and oxygen atoms in total. The van der Waals surface area contributed by atoms with Crippen LogP contribution < -0.4 is 5.32 Å². The number of rotatable bonds is 4. The van der Waals surface area contributed by atoms with Crippen molar-refractivity contribution >= 4 is 5.91 Å². The second-order valence-electron chi connectivity index (χ2n) is 5.21. The molecule has 3 heteroatoms. The largest absolute Gasteiger partial charge is 0.344 e. The number of terminal acetylenes is 1. The quantitative estimate of drug-likeness (QED) is 0.746. The van der Waals surface area contributed by atoms with Gasteiger partial charge in [-0.15, -0.1) is 6.42 Å². The van der Waals surface area contributed by atoms with Gasteiger partial charge in [-0.05, 0) is 38.1 Å². The molecule has 2 rings (SSSR count). The molecule has 1 aliphatic carbocycles. The van der Waals surface area contributed by atoms with Crippen LogP contribution in [0.1, 0.15) is 38.5 Å². The van der Waals surface area contributed by atoms with Gasteiger partial charge in [0, 0.05) is 6.04 Å². The SMILES string of the molecule is C#CCNC(=O)CN1CCCC1C1CCCC1. The summed E-state index contributed by atoms with van der Waals surface area (Å²) in [6.07, 6.45) is 13.1. The van der Waals surface area contributed by atoms with Gasteiger partial charge in [-0.1, -0.05) is 18.8 Å². The second kappa shape index (κ2) is 6.07. The van der Waals surface area contributed by atoms with Gasteiger partial charge < -0.3 is 5.32 Å². The molecule has 1 heterocycles. The monoisotopic (exact) mass is 234 g/mol. The van der Waals surface area contributed by atoms with Crippen LogP contribution in [0.4, 0.5) is 0 Å². The van der Waals surface area contributed by atoms with E-state index in [1.54, 1.807) is 0 Å². The minimum absolute atomic E-state index is 0.0767. The smallest absolute Gasteiger partial charge is 0.234 e. The summed E-state index contributed by atoms with van der Waals surface area (Å²) in [5, 5.41) is 2.75. The van der Waals surface area contributed by atoms with Crippen molar-refractivity contribution in [1.29, 1.82) is 0 Å². The summed E-state index contributed by atoms with van der Waals surface area (Å²) >= 11 is 0. The van der Waals surface area contributed by atoms with Crippen LogP contribution in [-0.2, 0) is 4.79 Å². The molecule has 1 atom stereocenters. The van der Waals surface area contributed by atoms with E-state index in [9.17, 15) is 4.79 Å². The Morgan fingerprint density at radius 3 is 2.76 bits per heavy atom. The van der Waals surface area contributed by atoms with Crippen molar-refractivity contribution in [3.63, 3.8) is 0 Å². The van der Waals surface area contributed by atoms with Crippen molar-refractivity contribution in [2.45, 2.75) is 44.6 Å². The zero-order valence-corrected chi connectivity index (χ0v) is 10.5. The molecule has 2 fully saturated rings. The molecule has 2 aliphatic rings. The third kappa shape index (κ3) is 3.23. The first-order valence-corrected chi connectivity index (χ1v) is 6.75. The first-order chi connectivity index (χ1) is 8.31. The lowest BCUT2D eigenvalue weighted by atomic mass is 9.96. The molecule has 1 amide bonds. The molecular formula is C14H22N2O. The Morgan fingerprint density at radius 1 is 1.29 bits per heavy atom. The minimum Gasteiger partial charge on any atom is -0.344 e. The molecule has 0 aromatic rings. The fraction of sp³-hybridized carbons (Fsp3) is 0.786. The molecule has 1 saturated carbocycles. The van der Waals surface area contributed by atoms with E-state index in [-0.39, 0.29) is 5.91 Å². The molecule has 0 aromatic heterocycles. The predicted octanol–water partition coefficient (Wildman–Crippen LogP) is 1.39. The van der Waals surface area contributed by atoms with E-state index in [4.69, 9.17) is 6.42 Å². The predicted molar refractivity (Wildman–Crippen MR) is 68.4 cm³/mol. The Labute approximate surface area is 104 Å². The van der Waals surface area contributed by atoms with Crippen LogP contribution in [0.3, 0.4) is 0 Å². The number of likely N-dealkylation sites (tertiary alicyclic amines) is 1. The van der Waals surface area contributed by atoms with E-state index < -0.39 is 0 Å². The number of nitrogens with one attached hydrogen (secondary N) is 1. The van der Waals surface area contributed by atoms with Crippen molar-refractivity contribution in [1.82, 2.24) is 10.2 Å². The average molecular weight is 234 g/mol. The molecular weight excluding hydrogens is 212 g/mol. The summed E-state index contributed by atoms with van der Waals surface area (Å²) in [6.45, 7) is 1.95. The normalized spacial score (nSPS) is 25.9. The fourth-order valence-electron chi connectivity index (χ4n) is 3.31. The highest BCUT2D eigenvalue weighted by molar-refractivity contribution is 5.78. The van der Waals surface area contributed by atoms with Crippen molar-refractivity contribution in [2.75, 3.05) is 19.6 Å². The minimum atomic E-state index is 0.0767. The van der Waals surface area contributed by atoms with Crippen LogP contribution in [0.2, 0.25) is 0 Å². The third-order valence-electron chi connectivity index (χ3n) is 4.09. The van der Waals surface area contributed by atoms with Gasteiger partial charge in [-0.2, -0.15) is 0 Å². The van der Waals surface area contributed by atoms with E-state index in [1.807, 2.05) is 0 Å². The first kappa shape index (κ1) is 12.4. The fourth-order valence-corrected chi connectivity index (χ4v) is 3.31. The number of nitrogens with zero attached hydrogens (tertiary/aromatic N) is 1. The maximum absolute atomic E-state index is 11.7. The molecule has 0 aromatic carbocycles. The van der Waals surface area contributed by atoms with E-state index in [2.05, 4.69) is 16.1 Å². The Balaban J connectivity index is 1.82. The molecule has 0 spiro atoms. The standard InChI is InChI=1S/C14H22N2O/c1-2-9-15-14(17)11-16-10-5-8-13(16)12-6-3-4-7-12/h1,12-13H,3-11H2,(H,15,17). The van der Waals surface area contributed by atoms with Gasteiger partial charge in [-0.3, -0.25) is 9.69 Å². The highest BCUT2D eigenvalue weighted by Crippen LogP contribution is 2.35. The maximum atomic E-state index is 11.7. The van der Waals surface area contributed by atoms with Crippen molar-refractivity contribution < 1.29 is 4.79 Å². The molecule has 0 radical (unpaired) electrons. The summed E-state index contributed by atoms with van der Waals surface area (Å²) in [5.74, 6) is 3.35. The summed E-state index contributed by atoms with van der Waals surface area (Å²) in [4.78, 5) is 14.0. The molecule has 94 valence electrons. The Bertz CT molecular complexity index is 302. The van der Waals surface area contributed by atoms with E-state index in [0.717, 1.165) is 12.5 Å². The van der Waals surface area contributed by atoms with Gasteiger partial charge in [0.25, 0.3) is 0 Å². The van der Waals surface area contributed by atoms with Gasteiger partial charge in [0.2, 0.25) is 5.91 Å². The second-order valence-corrected chi connectivity index (χ2v) is 5.21. The van der Waals surface area contributed by atoms with Crippen LogP contribution in [0.15, 0.2) is 0 Å². The molecule has 1 unspecified atom stereocenters. The van der Waals surface area contributed by atoms with Crippen molar-refractivity contribution in [2.24, 2.45) is 5.92 Å². The van der Waals surface area contributed by atoms with Crippen LogP contribution in [0, 0.1) is 18.3 Å². The number of hydrogen-bond acceptors (Lipinski definition) is 2. The van der Waals surface area contributed by atoms with Gasteiger partial charge in [0.15, 0.2) is 0 Å². The number of carbonyl (C=O) groups excluding carboxylic acids is 1. The Morgan fingerprint density at radius 2 is 2.06 bits per heavy atom. The zero-order chi connectivity index (χ0) is 12.1. The van der Waals surface area contributed by atoms with Crippen LogP contribution in [-0.4, -0.2) is 36.5 Å². The molecule has 1 aliphatic heterocycles. The lowest BCUT2D eigenvalue weighted by molar-refractivity contribution is -0.122. The van der Waals surface area contributed by atoms with Gasteiger partial charge in [0.05, 0.1) is 13.1 Å². The topological polar surface area (TPSA) is 32.3 Å². The molecule has 1 N–H and O–H groups in total. The zero-order valence-electron chi connectivity index (χ0n) is 10.5. The van der Waals surface area contributed by atoms with Crippen molar-refractivity contribution in [3.8, 4) is 12.3 Å². The van der Waals surface area contributed by atoms with Crippen molar-refractivity contribution in [3.05, 3.63) is 0 Å². The molecule has 17 heavy (non-hydrogen) atoms. The first-order valence-electron chi connectivity index (χ1n) is 6.75. The van der Waals surface area contributed by atoms with Crippen LogP contribution in [0.5, 0.6) is 0 Å². The summed E-state index contributed by atoms with van der Waals surface area (Å²) < 4.78 is 0. The van der Waals surface area contributed by atoms with E-state index in [1.165, 1.54) is 38.5 Å². The van der Waals surface area contributed by atoms with E-state index >= 15 is 0 Å². The summed E-state index contributed by atoms with van der Waals surface area (Å²) in [6, 6.07) is 0.647. The number of carbonyl (C=O) groups is 1. The number of hydrogen-bond donors (Lipinski definition) is 1. The Hall–Kier alpha value is -1.01. The summed E-state index contributed by atoms with van der Waals surface area (Å²) in [5.41, 5.74) is 0. The van der Waals surface area contributed by atoms with Gasteiger partial charge in [-0.25, -0.2) is 0 Å². The van der Waals surface area contributed by atoms with Gasteiger partial charge in [0.1, 0.15) is 0 Å². The van der Waals surface area contributed by atoms with Crippen LogP contribution >= 0.6 is 0 Å². The average Bonchev–Trinajstić information content (AvgIpc) is 2.95. The Kier molecular flexibility index (Phi) is 4.44. The number of amides is 1. The van der Waals surface area contributed by atoms with Crippen LogP contribution in [0.25, 0.3) is 0 Å². The maximum Gasteiger partial charge on any atom is 0.234 e.